The van der Waals surface area contributed by atoms with E-state index in [1.165, 1.54) is 6.07 Å². The van der Waals surface area contributed by atoms with Gasteiger partial charge in [0.25, 0.3) is 5.91 Å². The second-order valence-electron chi connectivity index (χ2n) is 5.66. The van der Waals surface area contributed by atoms with Crippen molar-refractivity contribution in [1.82, 2.24) is 0 Å². The molecule has 0 heterocycles. The zero-order chi connectivity index (χ0) is 19.2. The van der Waals surface area contributed by atoms with Crippen molar-refractivity contribution < 1.29 is 14.3 Å². The minimum absolute atomic E-state index is 0.222. The molecule has 6 heteroatoms. The van der Waals surface area contributed by atoms with Crippen molar-refractivity contribution in [2.24, 2.45) is 0 Å². The standard InChI is InChI=1S/C21H15Cl2NO3/c22-17-11-10-14(12-18(17)23)21(26)16-8-4-5-9-19(16)27-13-20(25)24-15-6-2-1-3-7-15/h1-12H,13H2,(H,24,25). The summed E-state index contributed by atoms with van der Waals surface area (Å²) in [7, 11) is 0. The van der Waals surface area contributed by atoms with E-state index in [0.717, 1.165) is 0 Å². The summed E-state index contributed by atoms with van der Waals surface area (Å²) >= 11 is 11.9. The molecule has 136 valence electrons. The van der Waals surface area contributed by atoms with E-state index in [4.69, 9.17) is 27.9 Å². The molecule has 3 aromatic rings. The van der Waals surface area contributed by atoms with Gasteiger partial charge in [0.05, 0.1) is 15.6 Å². The molecule has 3 aromatic carbocycles. The van der Waals surface area contributed by atoms with Crippen LogP contribution in [0.15, 0.2) is 72.8 Å². The largest absolute Gasteiger partial charge is 0.483 e. The van der Waals surface area contributed by atoms with Gasteiger partial charge in [-0.25, -0.2) is 0 Å². The minimum atomic E-state index is -0.321. The molecule has 0 unspecified atom stereocenters. The van der Waals surface area contributed by atoms with Crippen LogP contribution in [-0.2, 0) is 4.79 Å². The zero-order valence-corrected chi connectivity index (χ0v) is 15.6. The molecule has 0 saturated carbocycles. The van der Waals surface area contributed by atoms with Crippen molar-refractivity contribution in [3.05, 3.63) is 94.0 Å². The van der Waals surface area contributed by atoms with Crippen molar-refractivity contribution in [3.8, 4) is 5.75 Å². The molecule has 0 atom stereocenters. The Balaban J connectivity index is 1.73. The molecule has 0 radical (unpaired) electrons. The van der Waals surface area contributed by atoms with Crippen LogP contribution in [-0.4, -0.2) is 18.3 Å². The fraction of sp³-hybridized carbons (Fsp3) is 0.0476. The van der Waals surface area contributed by atoms with Gasteiger partial charge in [-0.2, -0.15) is 0 Å². The summed E-state index contributed by atoms with van der Waals surface area (Å²) < 4.78 is 5.58. The average molecular weight is 400 g/mol. The van der Waals surface area contributed by atoms with Gasteiger partial charge in [-0.15, -0.1) is 0 Å². The second kappa shape index (κ2) is 8.71. The summed E-state index contributed by atoms with van der Waals surface area (Å²) in [5.41, 5.74) is 1.39. The predicted molar refractivity (Wildman–Crippen MR) is 107 cm³/mol. The van der Waals surface area contributed by atoms with Gasteiger partial charge in [-0.1, -0.05) is 53.5 Å². The average Bonchev–Trinajstić information content (AvgIpc) is 2.69. The van der Waals surface area contributed by atoms with Crippen molar-refractivity contribution in [3.63, 3.8) is 0 Å². The summed E-state index contributed by atoms with van der Waals surface area (Å²) in [5, 5.41) is 3.39. The van der Waals surface area contributed by atoms with Gasteiger partial charge >= 0.3 is 0 Å². The first-order chi connectivity index (χ1) is 13.0. The van der Waals surface area contributed by atoms with Gasteiger partial charge in [-0.3, -0.25) is 9.59 Å². The fourth-order valence-electron chi connectivity index (χ4n) is 2.43. The zero-order valence-electron chi connectivity index (χ0n) is 14.1. The molecule has 0 aromatic heterocycles. The molecule has 1 N–H and O–H groups in total. The summed E-state index contributed by atoms with van der Waals surface area (Å²) in [6, 6.07) is 20.4. The highest BCUT2D eigenvalue weighted by Crippen LogP contribution is 2.26. The molecule has 0 fully saturated rings. The van der Waals surface area contributed by atoms with E-state index in [9.17, 15) is 9.59 Å². The number of benzene rings is 3. The van der Waals surface area contributed by atoms with Crippen LogP contribution in [0.4, 0.5) is 5.69 Å². The SMILES string of the molecule is O=C(COc1ccccc1C(=O)c1ccc(Cl)c(Cl)c1)Nc1ccccc1. The molecular formula is C21H15Cl2NO3. The molecule has 0 aliphatic heterocycles. The van der Waals surface area contributed by atoms with Crippen LogP contribution in [0, 0.1) is 0 Å². The molecule has 0 bridgehead atoms. The summed E-state index contributed by atoms with van der Waals surface area (Å²) in [5.74, 6) is -0.276. The number of hydrogen-bond donors (Lipinski definition) is 1. The van der Waals surface area contributed by atoms with Gasteiger partial charge in [-0.05, 0) is 42.5 Å². The number of carbonyl (C=O) groups is 2. The van der Waals surface area contributed by atoms with Crippen molar-refractivity contribution in [1.29, 1.82) is 0 Å². The fourth-order valence-corrected chi connectivity index (χ4v) is 2.73. The van der Waals surface area contributed by atoms with E-state index < -0.39 is 0 Å². The van der Waals surface area contributed by atoms with E-state index in [2.05, 4.69) is 5.32 Å². The molecular weight excluding hydrogens is 385 g/mol. The number of rotatable bonds is 6. The number of para-hydroxylation sites is 2. The maximum atomic E-state index is 12.8. The number of amides is 1. The van der Waals surface area contributed by atoms with Crippen molar-refractivity contribution in [2.45, 2.75) is 0 Å². The normalized spacial score (nSPS) is 10.3. The lowest BCUT2D eigenvalue weighted by Gasteiger charge is -2.11. The molecule has 0 spiro atoms. The third kappa shape index (κ3) is 4.88. The monoisotopic (exact) mass is 399 g/mol. The maximum absolute atomic E-state index is 12.8. The maximum Gasteiger partial charge on any atom is 0.262 e. The van der Waals surface area contributed by atoms with Crippen LogP contribution in [0.2, 0.25) is 10.0 Å². The number of ketones is 1. The van der Waals surface area contributed by atoms with Gasteiger partial charge in [0.1, 0.15) is 5.75 Å². The van der Waals surface area contributed by atoms with Crippen LogP contribution in [0.25, 0.3) is 0 Å². The lowest BCUT2D eigenvalue weighted by atomic mass is 10.0. The van der Waals surface area contributed by atoms with E-state index in [-0.39, 0.29) is 18.3 Å². The lowest BCUT2D eigenvalue weighted by molar-refractivity contribution is -0.118. The van der Waals surface area contributed by atoms with Crippen LogP contribution in [0.1, 0.15) is 15.9 Å². The summed E-state index contributed by atoms with van der Waals surface area (Å²) in [6.07, 6.45) is 0. The summed E-state index contributed by atoms with van der Waals surface area (Å²) in [4.78, 5) is 24.8. The highest BCUT2D eigenvalue weighted by atomic mass is 35.5. The highest BCUT2D eigenvalue weighted by Gasteiger charge is 2.16. The Kier molecular flexibility index (Phi) is 6.12. The molecule has 0 aliphatic carbocycles. The van der Waals surface area contributed by atoms with Gasteiger partial charge in [0, 0.05) is 11.3 Å². The quantitative estimate of drug-likeness (QED) is 0.576. The van der Waals surface area contributed by atoms with Crippen molar-refractivity contribution >= 4 is 40.6 Å². The molecule has 3 rings (SSSR count). The Hall–Kier alpha value is -2.82. The van der Waals surface area contributed by atoms with Gasteiger partial charge in [0.2, 0.25) is 0 Å². The molecule has 0 aliphatic rings. The third-order valence-corrected chi connectivity index (χ3v) is 4.47. The topological polar surface area (TPSA) is 55.4 Å². The van der Waals surface area contributed by atoms with E-state index >= 15 is 0 Å². The van der Waals surface area contributed by atoms with Crippen LogP contribution < -0.4 is 10.1 Å². The first-order valence-electron chi connectivity index (χ1n) is 8.11. The number of halogens is 2. The number of nitrogens with one attached hydrogen (secondary N) is 1. The Morgan fingerprint density at radius 1 is 0.852 bits per heavy atom. The Morgan fingerprint density at radius 2 is 1.56 bits per heavy atom. The predicted octanol–water partition coefficient (Wildman–Crippen LogP) is 5.24. The Bertz CT molecular complexity index is 974. The van der Waals surface area contributed by atoms with Gasteiger partial charge in [0.15, 0.2) is 12.4 Å². The van der Waals surface area contributed by atoms with E-state index in [1.807, 2.05) is 18.2 Å². The number of anilines is 1. The number of hydrogen-bond acceptors (Lipinski definition) is 3. The number of carbonyl (C=O) groups excluding carboxylic acids is 2. The van der Waals surface area contributed by atoms with E-state index in [0.29, 0.717) is 32.6 Å². The molecule has 0 saturated heterocycles. The van der Waals surface area contributed by atoms with Crippen LogP contribution in [0.5, 0.6) is 5.75 Å². The summed E-state index contributed by atoms with van der Waals surface area (Å²) in [6.45, 7) is -0.222. The highest BCUT2D eigenvalue weighted by molar-refractivity contribution is 6.42. The second-order valence-corrected chi connectivity index (χ2v) is 6.47. The Labute approximate surface area is 166 Å². The Morgan fingerprint density at radius 3 is 2.30 bits per heavy atom. The number of ether oxygens (including phenoxy) is 1. The minimum Gasteiger partial charge on any atom is -0.483 e. The smallest absolute Gasteiger partial charge is 0.262 e. The molecule has 27 heavy (non-hydrogen) atoms. The van der Waals surface area contributed by atoms with E-state index in [1.54, 1.807) is 48.5 Å². The molecule has 1 amide bonds. The van der Waals surface area contributed by atoms with Crippen LogP contribution in [0.3, 0.4) is 0 Å². The lowest BCUT2D eigenvalue weighted by Crippen LogP contribution is -2.20. The van der Waals surface area contributed by atoms with Crippen molar-refractivity contribution in [2.75, 3.05) is 11.9 Å². The van der Waals surface area contributed by atoms with Gasteiger partial charge < -0.3 is 10.1 Å². The first kappa shape index (κ1) is 19.0. The molecule has 4 nitrogen and oxygen atoms in total. The van der Waals surface area contributed by atoms with Crippen LogP contribution >= 0.6 is 23.2 Å². The third-order valence-electron chi connectivity index (χ3n) is 3.73. The first-order valence-corrected chi connectivity index (χ1v) is 8.86.